The van der Waals surface area contributed by atoms with E-state index in [9.17, 15) is 4.79 Å². The molecule has 0 unspecified atom stereocenters. The molecule has 27 heavy (non-hydrogen) atoms. The molecule has 0 spiro atoms. The van der Waals surface area contributed by atoms with Gasteiger partial charge >= 0.3 is 6.03 Å². The first-order chi connectivity index (χ1) is 13.0. The van der Waals surface area contributed by atoms with Crippen LogP contribution in [0.5, 0.6) is 0 Å². The zero-order chi connectivity index (χ0) is 19.2. The van der Waals surface area contributed by atoms with Gasteiger partial charge in [0.25, 0.3) is 0 Å². The molecule has 3 rings (SSSR count). The maximum atomic E-state index is 12.4. The second-order valence-corrected chi connectivity index (χ2v) is 6.48. The van der Waals surface area contributed by atoms with Crippen LogP contribution < -0.4 is 5.32 Å². The van der Waals surface area contributed by atoms with Gasteiger partial charge in [-0.1, -0.05) is 12.1 Å². The van der Waals surface area contributed by atoms with Crippen molar-refractivity contribution in [1.29, 1.82) is 0 Å². The lowest BCUT2D eigenvalue weighted by Crippen LogP contribution is -2.32. The monoisotopic (exact) mass is 364 g/mol. The summed E-state index contributed by atoms with van der Waals surface area (Å²) in [7, 11) is 3.77. The van der Waals surface area contributed by atoms with Crippen LogP contribution in [-0.4, -0.2) is 44.0 Å². The predicted octanol–water partition coefficient (Wildman–Crippen LogP) is 3.28. The van der Waals surface area contributed by atoms with Gasteiger partial charge in [-0.3, -0.25) is 0 Å². The highest BCUT2D eigenvalue weighted by Crippen LogP contribution is 2.20. The van der Waals surface area contributed by atoms with E-state index in [1.807, 2.05) is 55.1 Å². The summed E-state index contributed by atoms with van der Waals surface area (Å²) in [6.07, 6.45) is 7.15. The summed E-state index contributed by atoms with van der Waals surface area (Å²) < 4.78 is 2.00. The van der Waals surface area contributed by atoms with E-state index in [1.54, 1.807) is 24.3 Å². The minimum atomic E-state index is -0.133. The number of hydrogen-bond donors (Lipinski definition) is 1. The largest absolute Gasteiger partial charge is 0.338 e. The van der Waals surface area contributed by atoms with Gasteiger partial charge in [0.05, 0.1) is 5.69 Å². The topological polar surface area (TPSA) is 75.9 Å². The van der Waals surface area contributed by atoms with Crippen LogP contribution in [0.15, 0.2) is 48.9 Å². The number of rotatable bonds is 6. The summed E-state index contributed by atoms with van der Waals surface area (Å²) in [5.74, 6) is 1.74. The van der Waals surface area contributed by atoms with E-state index < -0.39 is 0 Å². The molecule has 0 bridgehead atoms. The number of hydrogen-bond acceptors (Lipinski definition) is 4. The molecule has 2 heterocycles. The normalized spacial score (nSPS) is 10.6. The van der Waals surface area contributed by atoms with Crippen LogP contribution in [0.3, 0.4) is 0 Å². The number of benzene rings is 1. The number of carbonyl (C=O) groups excluding carboxylic acids is 1. The fourth-order valence-electron chi connectivity index (χ4n) is 2.81. The fraction of sp³-hybridized carbons (Fsp3) is 0.300. The van der Waals surface area contributed by atoms with Gasteiger partial charge in [0.2, 0.25) is 0 Å². The van der Waals surface area contributed by atoms with E-state index in [1.165, 1.54) is 0 Å². The van der Waals surface area contributed by atoms with E-state index in [0.29, 0.717) is 6.54 Å². The fourth-order valence-corrected chi connectivity index (χ4v) is 2.81. The molecular formula is C20H24N6O. The van der Waals surface area contributed by atoms with Gasteiger partial charge in [0.1, 0.15) is 11.6 Å². The minimum Gasteiger partial charge on any atom is -0.338 e. The van der Waals surface area contributed by atoms with Crippen molar-refractivity contribution in [1.82, 2.24) is 24.4 Å². The Morgan fingerprint density at radius 1 is 1.22 bits per heavy atom. The van der Waals surface area contributed by atoms with Crippen LogP contribution in [0.25, 0.3) is 11.3 Å². The van der Waals surface area contributed by atoms with E-state index >= 15 is 0 Å². The Balaban J connectivity index is 1.57. The molecule has 1 aromatic carbocycles. The number of carbonyl (C=O) groups is 1. The van der Waals surface area contributed by atoms with Crippen LogP contribution in [0.4, 0.5) is 10.5 Å². The molecule has 0 fully saturated rings. The van der Waals surface area contributed by atoms with Crippen molar-refractivity contribution in [2.45, 2.75) is 19.8 Å². The van der Waals surface area contributed by atoms with Crippen LogP contribution in [-0.2, 0) is 13.5 Å². The number of urea groups is 1. The minimum absolute atomic E-state index is 0.133. The molecule has 0 saturated heterocycles. The van der Waals surface area contributed by atoms with Gasteiger partial charge in [0.15, 0.2) is 0 Å². The molecule has 2 aromatic heterocycles. The lowest BCUT2D eigenvalue weighted by Gasteiger charge is -2.18. The van der Waals surface area contributed by atoms with Crippen molar-refractivity contribution in [2.75, 3.05) is 18.9 Å². The Morgan fingerprint density at radius 2 is 2.07 bits per heavy atom. The molecular weight excluding hydrogens is 340 g/mol. The second-order valence-electron chi connectivity index (χ2n) is 6.48. The maximum absolute atomic E-state index is 12.4. The van der Waals surface area contributed by atoms with Crippen molar-refractivity contribution in [2.24, 2.45) is 7.05 Å². The maximum Gasteiger partial charge on any atom is 0.321 e. The van der Waals surface area contributed by atoms with E-state index in [-0.39, 0.29) is 6.03 Å². The number of amides is 2. The first kappa shape index (κ1) is 18.6. The third-order valence-electron chi connectivity index (χ3n) is 4.35. The molecule has 0 radical (unpaired) electrons. The van der Waals surface area contributed by atoms with Gasteiger partial charge in [-0.05, 0) is 31.5 Å². The van der Waals surface area contributed by atoms with Crippen molar-refractivity contribution in [3.8, 4) is 11.3 Å². The van der Waals surface area contributed by atoms with Gasteiger partial charge in [-0.15, -0.1) is 0 Å². The van der Waals surface area contributed by atoms with Gasteiger partial charge in [-0.25, -0.2) is 19.7 Å². The molecule has 0 aliphatic rings. The molecule has 140 valence electrons. The number of aryl methyl sites for hydroxylation is 3. The highest BCUT2D eigenvalue weighted by atomic mass is 16.2. The molecule has 7 nitrogen and oxygen atoms in total. The predicted molar refractivity (Wildman–Crippen MR) is 105 cm³/mol. The summed E-state index contributed by atoms with van der Waals surface area (Å²) in [5, 5.41) is 2.94. The van der Waals surface area contributed by atoms with Crippen LogP contribution in [0, 0.1) is 6.92 Å². The van der Waals surface area contributed by atoms with Gasteiger partial charge < -0.3 is 14.8 Å². The standard InChI is InChI=1S/C20H24N6O/c1-15-21-10-9-18(23-15)16-6-4-7-17(14-16)24-20(27)26(3)12-5-8-19-22-11-13-25(19)2/h4,6-7,9-11,13-14H,5,8,12H2,1-3H3,(H,24,27). The molecule has 0 saturated carbocycles. The van der Waals surface area contributed by atoms with Crippen molar-refractivity contribution in [3.05, 3.63) is 60.6 Å². The summed E-state index contributed by atoms with van der Waals surface area (Å²) >= 11 is 0. The van der Waals surface area contributed by atoms with E-state index in [4.69, 9.17) is 0 Å². The average Bonchev–Trinajstić information content (AvgIpc) is 3.07. The lowest BCUT2D eigenvalue weighted by atomic mass is 10.1. The third-order valence-corrected chi connectivity index (χ3v) is 4.35. The Labute approximate surface area is 159 Å². The second kappa shape index (κ2) is 8.44. The zero-order valence-corrected chi connectivity index (χ0v) is 15.9. The Bertz CT molecular complexity index is 920. The first-order valence-electron chi connectivity index (χ1n) is 8.91. The molecule has 1 N–H and O–H groups in total. The van der Waals surface area contributed by atoms with Crippen molar-refractivity contribution < 1.29 is 4.79 Å². The Kier molecular flexibility index (Phi) is 5.80. The van der Waals surface area contributed by atoms with E-state index in [0.717, 1.165) is 41.4 Å². The highest BCUT2D eigenvalue weighted by molar-refractivity contribution is 5.89. The Hall–Kier alpha value is -3.22. The van der Waals surface area contributed by atoms with Gasteiger partial charge in [0, 0.05) is 56.9 Å². The number of imidazole rings is 1. The molecule has 0 aliphatic carbocycles. The number of anilines is 1. The van der Waals surface area contributed by atoms with Crippen LogP contribution in [0.2, 0.25) is 0 Å². The smallest absolute Gasteiger partial charge is 0.321 e. The number of nitrogens with zero attached hydrogens (tertiary/aromatic N) is 5. The highest BCUT2D eigenvalue weighted by Gasteiger charge is 2.10. The molecule has 0 atom stereocenters. The number of nitrogens with one attached hydrogen (secondary N) is 1. The molecule has 3 aromatic rings. The Morgan fingerprint density at radius 3 is 2.81 bits per heavy atom. The van der Waals surface area contributed by atoms with Gasteiger partial charge in [-0.2, -0.15) is 0 Å². The van der Waals surface area contributed by atoms with Crippen LogP contribution in [0.1, 0.15) is 18.1 Å². The average molecular weight is 364 g/mol. The van der Waals surface area contributed by atoms with Crippen molar-refractivity contribution in [3.63, 3.8) is 0 Å². The zero-order valence-electron chi connectivity index (χ0n) is 15.9. The summed E-state index contributed by atoms with van der Waals surface area (Å²) in [6.45, 7) is 2.51. The third kappa shape index (κ3) is 4.91. The summed E-state index contributed by atoms with van der Waals surface area (Å²) in [6, 6.07) is 9.39. The molecule has 0 aliphatic heterocycles. The molecule has 2 amide bonds. The van der Waals surface area contributed by atoms with Crippen LogP contribution >= 0.6 is 0 Å². The first-order valence-corrected chi connectivity index (χ1v) is 8.91. The van der Waals surface area contributed by atoms with Crippen molar-refractivity contribution >= 4 is 11.7 Å². The quantitative estimate of drug-likeness (QED) is 0.728. The summed E-state index contributed by atoms with van der Waals surface area (Å²) in [5.41, 5.74) is 2.52. The van der Waals surface area contributed by atoms with E-state index in [2.05, 4.69) is 20.3 Å². The lowest BCUT2D eigenvalue weighted by molar-refractivity contribution is 0.222. The number of aromatic nitrogens is 4. The SMILES string of the molecule is Cc1nccc(-c2cccc(NC(=O)N(C)CCCc3nccn3C)c2)n1. The molecule has 7 heteroatoms. The summed E-state index contributed by atoms with van der Waals surface area (Å²) in [4.78, 5) is 27.0.